The molecule has 0 fully saturated rings. The van der Waals surface area contributed by atoms with Crippen LogP contribution >= 0.6 is 11.8 Å². The van der Waals surface area contributed by atoms with Crippen molar-refractivity contribution < 1.29 is 0 Å². The van der Waals surface area contributed by atoms with Crippen LogP contribution in [0.3, 0.4) is 0 Å². The molecule has 0 saturated heterocycles. The molecule has 0 bridgehead atoms. The summed E-state index contributed by atoms with van der Waals surface area (Å²) >= 11 is 1.64. The van der Waals surface area contributed by atoms with E-state index in [-0.39, 0.29) is 10.8 Å². The predicted octanol–water partition coefficient (Wildman–Crippen LogP) is 4.25. The second-order valence-electron chi connectivity index (χ2n) is 6.80. The highest BCUT2D eigenvalue weighted by atomic mass is 32.2. The van der Waals surface area contributed by atoms with Crippen molar-refractivity contribution in [1.82, 2.24) is 19.5 Å². The molecule has 0 amide bonds. The number of hydrogen-bond donors (Lipinski definition) is 1. The van der Waals surface area contributed by atoms with Crippen LogP contribution in [0.5, 0.6) is 0 Å². The molecule has 132 valence electrons. The Balaban J connectivity index is 1.94. The molecular formula is C19H24N4OS. The van der Waals surface area contributed by atoms with E-state index in [9.17, 15) is 4.79 Å². The highest BCUT2D eigenvalue weighted by Gasteiger charge is 2.18. The van der Waals surface area contributed by atoms with Crippen LogP contribution in [-0.4, -0.2) is 19.5 Å². The van der Waals surface area contributed by atoms with Gasteiger partial charge in [-0.2, -0.15) is 0 Å². The minimum absolute atomic E-state index is 0.00409. The van der Waals surface area contributed by atoms with E-state index in [0.717, 1.165) is 22.9 Å². The molecule has 1 aromatic carbocycles. The van der Waals surface area contributed by atoms with Crippen LogP contribution in [0.15, 0.2) is 34.2 Å². The maximum absolute atomic E-state index is 12.3. The molecule has 1 atom stereocenters. The van der Waals surface area contributed by atoms with Gasteiger partial charge in [0.15, 0.2) is 5.16 Å². The smallest absolute Gasteiger partial charge is 0.258 e. The number of aromatic amines is 1. The van der Waals surface area contributed by atoms with Crippen LogP contribution < -0.4 is 5.56 Å². The summed E-state index contributed by atoms with van der Waals surface area (Å²) in [7, 11) is 0. The van der Waals surface area contributed by atoms with Crippen LogP contribution in [0, 0.1) is 19.8 Å². The number of imidazole rings is 1. The molecule has 0 aliphatic heterocycles. The summed E-state index contributed by atoms with van der Waals surface area (Å²) in [6, 6.07) is 7.42. The van der Waals surface area contributed by atoms with Gasteiger partial charge in [-0.15, -0.1) is 0 Å². The van der Waals surface area contributed by atoms with Gasteiger partial charge in [0.1, 0.15) is 5.82 Å². The third-order valence-corrected chi connectivity index (χ3v) is 5.37. The zero-order valence-electron chi connectivity index (χ0n) is 15.3. The molecule has 2 aromatic heterocycles. The van der Waals surface area contributed by atoms with Crippen molar-refractivity contribution in [3.05, 3.63) is 51.8 Å². The fraction of sp³-hybridized carbons (Fsp3) is 0.421. The number of nitrogens with zero attached hydrogens (tertiary/aromatic N) is 3. The van der Waals surface area contributed by atoms with Crippen molar-refractivity contribution in [2.75, 3.05) is 0 Å². The zero-order valence-corrected chi connectivity index (χ0v) is 16.1. The Hall–Kier alpha value is -2.08. The van der Waals surface area contributed by atoms with E-state index in [0.29, 0.717) is 17.1 Å². The largest absolute Gasteiger partial charge is 0.323 e. The van der Waals surface area contributed by atoms with E-state index in [1.807, 2.05) is 25.1 Å². The molecule has 0 unspecified atom stereocenters. The van der Waals surface area contributed by atoms with Crippen LogP contribution in [-0.2, 0) is 6.54 Å². The lowest BCUT2D eigenvalue weighted by molar-refractivity contribution is 0.486. The molecule has 6 heteroatoms. The Kier molecular flexibility index (Phi) is 4.99. The fourth-order valence-corrected chi connectivity index (χ4v) is 3.87. The van der Waals surface area contributed by atoms with E-state index in [2.05, 4.69) is 42.2 Å². The average molecular weight is 356 g/mol. The normalized spacial score (nSPS) is 12.9. The second-order valence-corrected chi connectivity index (χ2v) is 8.11. The topological polar surface area (TPSA) is 63.6 Å². The lowest BCUT2D eigenvalue weighted by Crippen LogP contribution is -2.13. The summed E-state index contributed by atoms with van der Waals surface area (Å²) in [5.74, 6) is 1.23. The Morgan fingerprint density at radius 3 is 2.60 bits per heavy atom. The predicted molar refractivity (Wildman–Crippen MR) is 103 cm³/mol. The summed E-state index contributed by atoms with van der Waals surface area (Å²) < 4.78 is 2.26. The van der Waals surface area contributed by atoms with Crippen LogP contribution in [0.2, 0.25) is 0 Å². The fourth-order valence-electron chi connectivity index (χ4n) is 2.80. The lowest BCUT2D eigenvalue weighted by atomic mass is 10.2. The van der Waals surface area contributed by atoms with Gasteiger partial charge in [0.25, 0.3) is 5.56 Å². The van der Waals surface area contributed by atoms with Crippen molar-refractivity contribution in [1.29, 1.82) is 0 Å². The molecule has 0 aliphatic rings. The molecule has 0 spiro atoms. The van der Waals surface area contributed by atoms with Gasteiger partial charge in [-0.3, -0.25) is 4.79 Å². The van der Waals surface area contributed by atoms with Gasteiger partial charge < -0.3 is 9.55 Å². The summed E-state index contributed by atoms with van der Waals surface area (Å²) in [5.41, 5.74) is 2.89. The number of benzene rings is 1. The van der Waals surface area contributed by atoms with Gasteiger partial charge in [0.2, 0.25) is 0 Å². The molecule has 3 aromatic rings. The highest BCUT2D eigenvalue weighted by molar-refractivity contribution is 7.99. The van der Waals surface area contributed by atoms with E-state index in [1.54, 1.807) is 17.8 Å². The van der Waals surface area contributed by atoms with Gasteiger partial charge in [-0.1, -0.05) is 37.7 Å². The number of aromatic nitrogens is 4. The van der Waals surface area contributed by atoms with Crippen LogP contribution in [0.1, 0.15) is 43.2 Å². The number of hydrogen-bond acceptors (Lipinski definition) is 4. The summed E-state index contributed by atoms with van der Waals surface area (Å²) in [6.07, 6.45) is 0. The minimum atomic E-state index is -0.0917. The zero-order chi connectivity index (χ0) is 18.1. The third kappa shape index (κ3) is 3.63. The van der Waals surface area contributed by atoms with Gasteiger partial charge in [-0.05, 0) is 38.8 Å². The van der Waals surface area contributed by atoms with E-state index in [4.69, 9.17) is 4.98 Å². The van der Waals surface area contributed by atoms with Crippen LogP contribution in [0.25, 0.3) is 10.9 Å². The number of nitrogens with one attached hydrogen (secondary N) is 1. The molecule has 0 radical (unpaired) electrons. The first-order valence-corrected chi connectivity index (χ1v) is 9.44. The first-order valence-electron chi connectivity index (χ1n) is 8.56. The first kappa shape index (κ1) is 17.7. The van der Waals surface area contributed by atoms with Crippen molar-refractivity contribution in [2.24, 2.45) is 5.92 Å². The number of thioether (sulfide) groups is 1. The number of aryl methyl sites for hydroxylation is 1. The molecule has 1 N–H and O–H groups in total. The van der Waals surface area contributed by atoms with Gasteiger partial charge in [-0.25, -0.2) is 9.97 Å². The average Bonchev–Trinajstić information content (AvgIpc) is 2.82. The number of H-pyrrole nitrogens is 1. The van der Waals surface area contributed by atoms with Gasteiger partial charge >= 0.3 is 0 Å². The minimum Gasteiger partial charge on any atom is -0.323 e. The SMILES string of the molecule is Cc1nc(S[C@H](C)c2nc3ccccc3c(=O)[nH]2)n(CC(C)C)c1C. The summed E-state index contributed by atoms with van der Waals surface area (Å²) in [5, 5.41) is 1.60. The summed E-state index contributed by atoms with van der Waals surface area (Å²) in [6.45, 7) is 11.5. The molecule has 25 heavy (non-hydrogen) atoms. The highest BCUT2D eigenvalue weighted by Crippen LogP contribution is 2.34. The first-order chi connectivity index (χ1) is 11.9. The molecule has 0 saturated carbocycles. The monoisotopic (exact) mass is 356 g/mol. The van der Waals surface area contributed by atoms with Crippen molar-refractivity contribution in [2.45, 2.75) is 51.6 Å². The van der Waals surface area contributed by atoms with E-state index < -0.39 is 0 Å². The molecule has 2 heterocycles. The summed E-state index contributed by atoms with van der Waals surface area (Å²) in [4.78, 5) is 24.6. The maximum Gasteiger partial charge on any atom is 0.258 e. The Morgan fingerprint density at radius 2 is 1.88 bits per heavy atom. The van der Waals surface area contributed by atoms with Crippen molar-refractivity contribution >= 4 is 22.7 Å². The number of para-hydroxylation sites is 1. The third-order valence-electron chi connectivity index (χ3n) is 4.27. The molecule has 0 aliphatic carbocycles. The lowest BCUT2D eigenvalue weighted by Gasteiger charge is -2.15. The number of rotatable bonds is 5. The molecule has 3 rings (SSSR count). The van der Waals surface area contributed by atoms with Gasteiger partial charge in [0, 0.05) is 12.2 Å². The molecular weight excluding hydrogens is 332 g/mol. The Bertz CT molecular complexity index is 958. The van der Waals surface area contributed by atoms with Crippen molar-refractivity contribution in [3.63, 3.8) is 0 Å². The standard InChI is InChI=1S/C19H24N4OS/c1-11(2)10-23-13(4)12(3)20-19(23)25-14(5)17-21-16-9-7-6-8-15(16)18(24)22-17/h6-9,11,14H,10H2,1-5H3,(H,21,22,24)/t14-/m1/s1. The number of fused-ring (bicyclic) bond motifs is 1. The second kappa shape index (κ2) is 7.04. The van der Waals surface area contributed by atoms with Crippen LogP contribution in [0.4, 0.5) is 0 Å². The maximum atomic E-state index is 12.3. The Morgan fingerprint density at radius 1 is 1.16 bits per heavy atom. The van der Waals surface area contributed by atoms with Crippen molar-refractivity contribution in [3.8, 4) is 0 Å². The Labute approximate surface area is 151 Å². The molecule has 5 nitrogen and oxygen atoms in total. The quantitative estimate of drug-likeness (QED) is 0.694. The van der Waals surface area contributed by atoms with E-state index in [1.165, 1.54) is 5.69 Å². The van der Waals surface area contributed by atoms with E-state index >= 15 is 0 Å². The van der Waals surface area contributed by atoms with Gasteiger partial charge in [0.05, 0.1) is 21.8 Å².